The Labute approximate surface area is 128 Å². The van der Waals surface area contributed by atoms with Crippen LogP contribution in [0.5, 0.6) is 0 Å². The van der Waals surface area contributed by atoms with Gasteiger partial charge in [-0.2, -0.15) is 0 Å². The van der Waals surface area contributed by atoms with E-state index >= 15 is 0 Å². The third-order valence-electron chi connectivity index (χ3n) is 4.20. The summed E-state index contributed by atoms with van der Waals surface area (Å²) in [4.78, 5) is 14.5. The van der Waals surface area contributed by atoms with Crippen molar-refractivity contribution in [1.29, 1.82) is 0 Å². The van der Waals surface area contributed by atoms with E-state index < -0.39 is 0 Å². The molecule has 2 rings (SSSR count). The normalized spacial score (nSPS) is 16.8. The van der Waals surface area contributed by atoms with Gasteiger partial charge >= 0.3 is 0 Å². The fourth-order valence-corrected chi connectivity index (χ4v) is 3.01. The first-order chi connectivity index (χ1) is 10.3. The van der Waals surface area contributed by atoms with Crippen molar-refractivity contribution < 1.29 is 4.79 Å². The number of nitrogens with zero attached hydrogens (tertiary/aromatic N) is 1. The highest BCUT2D eigenvalue weighted by Gasteiger charge is 2.19. The van der Waals surface area contributed by atoms with Gasteiger partial charge in [0.1, 0.15) is 0 Å². The third-order valence-corrected chi connectivity index (χ3v) is 4.20. The summed E-state index contributed by atoms with van der Waals surface area (Å²) in [7, 11) is 0. The first kappa shape index (κ1) is 16.0. The molecule has 1 aromatic carbocycles. The molecule has 1 saturated heterocycles. The molecule has 1 N–H and O–H groups in total. The van der Waals surface area contributed by atoms with Crippen LogP contribution in [0, 0.1) is 0 Å². The van der Waals surface area contributed by atoms with E-state index in [-0.39, 0.29) is 5.91 Å². The summed E-state index contributed by atoms with van der Waals surface area (Å²) in [6.07, 6.45) is 5.99. The van der Waals surface area contributed by atoms with Crippen molar-refractivity contribution in [3.8, 4) is 0 Å². The van der Waals surface area contributed by atoms with E-state index in [4.69, 9.17) is 0 Å². The van der Waals surface area contributed by atoms with E-state index in [0.717, 1.165) is 38.8 Å². The number of benzene rings is 1. The number of likely N-dealkylation sites (tertiary alicyclic amines) is 1. The van der Waals surface area contributed by atoms with Gasteiger partial charge in [0.2, 0.25) is 5.91 Å². The van der Waals surface area contributed by atoms with Crippen molar-refractivity contribution in [2.24, 2.45) is 0 Å². The minimum absolute atomic E-state index is 0.222. The third kappa shape index (κ3) is 5.88. The van der Waals surface area contributed by atoms with Gasteiger partial charge in [-0.05, 0) is 44.2 Å². The zero-order valence-corrected chi connectivity index (χ0v) is 13.2. The molecule has 0 bridgehead atoms. The number of hydrogen-bond acceptors (Lipinski definition) is 2. The Hall–Kier alpha value is -1.35. The highest BCUT2D eigenvalue weighted by atomic mass is 16.1. The molecule has 0 aliphatic carbocycles. The van der Waals surface area contributed by atoms with Crippen LogP contribution in [-0.2, 0) is 11.2 Å². The van der Waals surface area contributed by atoms with Crippen LogP contribution in [0.1, 0.15) is 44.6 Å². The zero-order chi connectivity index (χ0) is 14.9. The Balaban J connectivity index is 1.60. The van der Waals surface area contributed by atoms with Gasteiger partial charge in [-0.1, -0.05) is 37.3 Å². The number of piperidine rings is 1. The summed E-state index contributed by atoms with van der Waals surface area (Å²) in [6.45, 7) is 5.67. The van der Waals surface area contributed by atoms with Gasteiger partial charge < -0.3 is 10.2 Å². The predicted molar refractivity (Wildman–Crippen MR) is 87.3 cm³/mol. The highest BCUT2D eigenvalue weighted by molar-refractivity contribution is 5.76. The molecule has 1 aliphatic rings. The van der Waals surface area contributed by atoms with E-state index in [1.807, 2.05) is 6.07 Å². The van der Waals surface area contributed by atoms with Gasteiger partial charge in [-0.3, -0.25) is 4.79 Å². The fourth-order valence-electron chi connectivity index (χ4n) is 3.01. The summed E-state index contributed by atoms with van der Waals surface area (Å²) < 4.78 is 0. The van der Waals surface area contributed by atoms with Crippen molar-refractivity contribution in [1.82, 2.24) is 10.2 Å². The second-order valence-electron chi connectivity index (χ2n) is 6.02. The van der Waals surface area contributed by atoms with Crippen LogP contribution in [0.25, 0.3) is 0 Å². The molecule has 1 fully saturated rings. The number of hydrogen-bond donors (Lipinski definition) is 1. The molecule has 21 heavy (non-hydrogen) atoms. The molecule has 3 heteroatoms. The van der Waals surface area contributed by atoms with Crippen LogP contribution in [-0.4, -0.2) is 36.5 Å². The van der Waals surface area contributed by atoms with Crippen LogP contribution < -0.4 is 5.32 Å². The highest BCUT2D eigenvalue weighted by Crippen LogP contribution is 2.11. The summed E-state index contributed by atoms with van der Waals surface area (Å²) >= 11 is 0. The van der Waals surface area contributed by atoms with Gasteiger partial charge in [-0.15, -0.1) is 0 Å². The number of carbonyl (C=O) groups is 1. The number of aryl methyl sites for hydroxylation is 1. The number of carbonyl (C=O) groups excluding carboxylic acids is 1. The molecule has 0 unspecified atom stereocenters. The topological polar surface area (TPSA) is 32.3 Å². The van der Waals surface area contributed by atoms with Gasteiger partial charge in [-0.25, -0.2) is 0 Å². The molecule has 0 spiro atoms. The molecule has 3 nitrogen and oxygen atoms in total. The van der Waals surface area contributed by atoms with Crippen molar-refractivity contribution in [2.45, 2.75) is 51.5 Å². The standard InChI is InChI=1S/C18H28N2O/c1-2-13-20-14-11-17(12-15-20)19-18(21)10-6-9-16-7-4-3-5-8-16/h3-5,7-8,17H,2,6,9-15H2,1H3,(H,19,21). The Morgan fingerprint density at radius 1 is 1.24 bits per heavy atom. The lowest BCUT2D eigenvalue weighted by Crippen LogP contribution is -2.44. The Kier molecular flexibility index (Phi) is 6.74. The van der Waals surface area contributed by atoms with Crippen LogP contribution >= 0.6 is 0 Å². The Bertz CT molecular complexity index is 410. The molecule has 0 atom stereocenters. The van der Waals surface area contributed by atoms with E-state index in [0.29, 0.717) is 12.5 Å². The molecule has 1 aliphatic heterocycles. The second kappa shape index (κ2) is 8.83. The van der Waals surface area contributed by atoms with Gasteiger partial charge in [0.05, 0.1) is 0 Å². The molecule has 1 aromatic rings. The molecule has 0 aromatic heterocycles. The Morgan fingerprint density at radius 2 is 1.95 bits per heavy atom. The Morgan fingerprint density at radius 3 is 2.62 bits per heavy atom. The van der Waals surface area contributed by atoms with Crippen LogP contribution in [0.3, 0.4) is 0 Å². The zero-order valence-electron chi connectivity index (χ0n) is 13.2. The van der Waals surface area contributed by atoms with Crippen molar-refractivity contribution in [2.75, 3.05) is 19.6 Å². The lowest BCUT2D eigenvalue weighted by Gasteiger charge is -2.32. The molecule has 0 radical (unpaired) electrons. The first-order valence-corrected chi connectivity index (χ1v) is 8.33. The summed E-state index contributed by atoms with van der Waals surface area (Å²) in [6, 6.07) is 10.8. The quantitative estimate of drug-likeness (QED) is 0.836. The average molecular weight is 288 g/mol. The van der Waals surface area contributed by atoms with Gasteiger partial charge in [0.15, 0.2) is 0 Å². The van der Waals surface area contributed by atoms with E-state index in [1.54, 1.807) is 0 Å². The number of rotatable bonds is 7. The predicted octanol–water partition coefficient (Wildman–Crippen LogP) is 3.00. The monoisotopic (exact) mass is 288 g/mol. The summed E-state index contributed by atoms with van der Waals surface area (Å²) in [5.74, 6) is 0.222. The van der Waals surface area contributed by atoms with Crippen LogP contribution in [0.2, 0.25) is 0 Å². The van der Waals surface area contributed by atoms with E-state index in [1.165, 1.54) is 18.5 Å². The molecular weight excluding hydrogens is 260 g/mol. The molecule has 0 saturated carbocycles. The van der Waals surface area contributed by atoms with E-state index in [9.17, 15) is 4.79 Å². The van der Waals surface area contributed by atoms with E-state index in [2.05, 4.69) is 41.4 Å². The maximum Gasteiger partial charge on any atom is 0.220 e. The largest absolute Gasteiger partial charge is 0.353 e. The van der Waals surface area contributed by atoms with Crippen molar-refractivity contribution in [3.05, 3.63) is 35.9 Å². The smallest absolute Gasteiger partial charge is 0.220 e. The number of amides is 1. The fraction of sp³-hybridized carbons (Fsp3) is 0.611. The maximum absolute atomic E-state index is 12.0. The second-order valence-corrected chi connectivity index (χ2v) is 6.02. The molecule has 1 amide bonds. The summed E-state index contributed by atoms with van der Waals surface area (Å²) in [5.41, 5.74) is 1.32. The van der Waals surface area contributed by atoms with Crippen molar-refractivity contribution >= 4 is 5.91 Å². The minimum atomic E-state index is 0.222. The first-order valence-electron chi connectivity index (χ1n) is 8.33. The number of nitrogens with one attached hydrogen (secondary N) is 1. The maximum atomic E-state index is 12.0. The van der Waals surface area contributed by atoms with Crippen LogP contribution in [0.15, 0.2) is 30.3 Å². The lowest BCUT2D eigenvalue weighted by atomic mass is 10.0. The summed E-state index contributed by atoms with van der Waals surface area (Å²) in [5, 5.41) is 3.20. The molecular formula is C18H28N2O. The average Bonchev–Trinajstić information content (AvgIpc) is 2.51. The SMILES string of the molecule is CCCN1CCC(NC(=O)CCCc2ccccc2)CC1. The van der Waals surface area contributed by atoms with Gasteiger partial charge in [0, 0.05) is 25.6 Å². The molecule has 116 valence electrons. The lowest BCUT2D eigenvalue weighted by molar-refractivity contribution is -0.122. The minimum Gasteiger partial charge on any atom is -0.353 e. The van der Waals surface area contributed by atoms with Crippen LogP contribution in [0.4, 0.5) is 0 Å². The molecule has 1 heterocycles. The van der Waals surface area contributed by atoms with Crippen molar-refractivity contribution in [3.63, 3.8) is 0 Å². The van der Waals surface area contributed by atoms with Gasteiger partial charge in [0.25, 0.3) is 0 Å².